The summed E-state index contributed by atoms with van der Waals surface area (Å²) in [5.41, 5.74) is 3.56. The Hall–Kier alpha value is -2.35. The first-order valence-corrected chi connectivity index (χ1v) is 11.3. The molecule has 0 unspecified atom stereocenters. The lowest BCUT2D eigenvalue weighted by atomic mass is 10.1. The van der Waals surface area contributed by atoms with Crippen LogP contribution in [0.4, 0.5) is 0 Å². The minimum absolute atomic E-state index is 0.0127. The molecule has 0 fully saturated rings. The second-order valence-electron chi connectivity index (χ2n) is 6.50. The molecule has 0 radical (unpaired) electrons. The molecule has 30 heavy (non-hydrogen) atoms. The number of benzene rings is 3. The Bertz CT molecular complexity index is 1330. The Labute approximate surface area is 188 Å². The van der Waals surface area contributed by atoms with Gasteiger partial charge in [-0.15, -0.1) is 0 Å². The maximum atomic E-state index is 11.6. The van der Waals surface area contributed by atoms with Crippen molar-refractivity contribution in [1.82, 2.24) is 9.78 Å². The highest BCUT2D eigenvalue weighted by Gasteiger charge is 2.17. The van der Waals surface area contributed by atoms with E-state index in [1.165, 1.54) is 12.1 Å². The van der Waals surface area contributed by atoms with E-state index in [4.69, 9.17) is 45.0 Å². The third-order valence-corrected chi connectivity index (χ3v) is 6.21. The summed E-state index contributed by atoms with van der Waals surface area (Å²) in [4.78, 5) is 0.0127. The smallest absolute Gasteiger partial charge is 0.232 e. The summed E-state index contributed by atoms with van der Waals surface area (Å²) in [7, 11) is -3.80. The summed E-state index contributed by atoms with van der Waals surface area (Å²) < 4.78 is 24.8. The lowest BCUT2D eigenvalue weighted by molar-refractivity contribution is 0.598. The van der Waals surface area contributed by atoms with Crippen LogP contribution in [0.5, 0.6) is 0 Å². The monoisotopic (exact) mass is 477 g/mol. The fourth-order valence-electron chi connectivity index (χ4n) is 3.00. The van der Waals surface area contributed by atoms with Crippen LogP contribution in [-0.2, 0) is 10.0 Å². The van der Waals surface area contributed by atoms with E-state index in [2.05, 4.69) is 0 Å². The number of hydrogen-bond acceptors (Lipinski definition) is 3. The standard InChI is InChI=1S/C21H14Cl3N3O2S/c22-14-3-1-13(2-4-14)20-12-21(18-11-15(23)5-10-19(18)24)27(26-20)16-6-8-17(9-7-16)30(25,28)29/h1-12H,(H2,25,28,29). The largest absolute Gasteiger partial charge is 0.238 e. The first kappa shape index (κ1) is 20.9. The third-order valence-electron chi connectivity index (χ3n) is 4.46. The van der Waals surface area contributed by atoms with Gasteiger partial charge in [0.1, 0.15) is 0 Å². The maximum absolute atomic E-state index is 11.6. The second-order valence-corrected chi connectivity index (χ2v) is 9.34. The van der Waals surface area contributed by atoms with Crippen LogP contribution in [0.3, 0.4) is 0 Å². The highest BCUT2D eigenvalue weighted by atomic mass is 35.5. The molecular formula is C21H14Cl3N3O2S. The fraction of sp³-hybridized carbons (Fsp3) is 0. The average Bonchev–Trinajstić information content (AvgIpc) is 3.15. The molecule has 0 amide bonds. The molecule has 0 bridgehead atoms. The number of aromatic nitrogens is 2. The summed E-state index contributed by atoms with van der Waals surface area (Å²) in [5.74, 6) is 0. The number of halogens is 3. The van der Waals surface area contributed by atoms with Crippen molar-refractivity contribution in [1.29, 1.82) is 0 Å². The van der Waals surface area contributed by atoms with Crippen LogP contribution < -0.4 is 5.14 Å². The van der Waals surface area contributed by atoms with E-state index in [1.54, 1.807) is 47.1 Å². The van der Waals surface area contributed by atoms with E-state index in [0.29, 0.717) is 37.7 Å². The molecule has 1 heterocycles. The van der Waals surface area contributed by atoms with E-state index < -0.39 is 10.0 Å². The molecule has 4 aromatic rings. The van der Waals surface area contributed by atoms with Crippen molar-refractivity contribution >= 4 is 44.8 Å². The van der Waals surface area contributed by atoms with Crippen molar-refractivity contribution in [3.63, 3.8) is 0 Å². The van der Waals surface area contributed by atoms with Gasteiger partial charge in [-0.3, -0.25) is 0 Å². The second kappa shape index (κ2) is 8.06. The third kappa shape index (κ3) is 4.24. The van der Waals surface area contributed by atoms with Gasteiger partial charge in [-0.2, -0.15) is 5.10 Å². The van der Waals surface area contributed by atoms with Crippen LogP contribution in [0.1, 0.15) is 0 Å². The molecular weight excluding hydrogens is 465 g/mol. The average molecular weight is 479 g/mol. The van der Waals surface area contributed by atoms with Crippen LogP contribution in [0.25, 0.3) is 28.2 Å². The minimum atomic E-state index is -3.80. The van der Waals surface area contributed by atoms with E-state index >= 15 is 0 Å². The zero-order chi connectivity index (χ0) is 21.5. The Morgan fingerprint density at radius 1 is 0.800 bits per heavy atom. The molecule has 0 saturated carbocycles. The van der Waals surface area contributed by atoms with Gasteiger partial charge >= 0.3 is 0 Å². The van der Waals surface area contributed by atoms with Gasteiger partial charge in [-0.25, -0.2) is 18.2 Å². The Kier molecular flexibility index (Phi) is 5.61. The van der Waals surface area contributed by atoms with E-state index in [0.717, 1.165) is 5.56 Å². The van der Waals surface area contributed by atoms with E-state index in [9.17, 15) is 8.42 Å². The SMILES string of the molecule is NS(=O)(=O)c1ccc(-n2nc(-c3ccc(Cl)cc3)cc2-c2cc(Cl)ccc2Cl)cc1. The number of rotatable bonds is 4. The number of nitrogens with zero attached hydrogens (tertiary/aromatic N) is 2. The van der Waals surface area contributed by atoms with Gasteiger partial charge in [-0.05, 0) is 60.7 Å². The fourth-order valence-corrected chi connectivity index (χ4v) is 4.03. The number of primary sulfonamides is 1. The van der Waals surface area contributed by atoms with Crippen LogP contribution in [0.15, 0.2) is 77.7 Å². The van der Waals surface area contributed by atoms with Crippen LogP contribution in [0, 0.1) is 0 Å². The zero-order valence-electron chi connectivity index (χ0n) is 15.3. The molecule has 152 valence electrons. The van der Waals surface area contributed by atoms with Crippen molar-refractivity contribution < 1.29 is 8.42 Å². The van der Waals surface area contributed by atoms with Crippen molar-refractivity contribution in [2.24, 2.45) is 5.14 Å². The Morgan fingerprint density at radius 2 is 1.43 bits per heavy atom. The summed E-state index contributed by atoms with van der Waals surface area (Å²) in [6.45, 7) is 0. The first-order valence-electron chi connectivity index (χ1n) is 8.67. The lowest BCUT2D eigenvalue weighted by Gasteiger charge is -2.10. The van der Waals surface area contributed by atoms with Crippen molar-refractivity contribution in [2.45, 2.75) is 4.90 Å². The molecule has 5 nitrogen and oxygen atoms in total. The Morgan fingerprint density at radius 3 is 2.07 bits per heavy atom. The summed E-state index contributed by atoms with van der Waals surface area (Å²) >= 11 is 18.6. The highest BCUT2D eigenvalue weighted by Crippen LogP contribution is 2.35. The number of hydrogen-bond donors (Lipinski definition) is 1. The zero-order valence-corrected chi connectivity index (χ0v) is 18.3. The predicted octanol–water partition coefficient (Wildman–Crippen LogP) is 5.81. The van der Waals surface area contributed by atoms with Crippen molar-refractivity contribution in [3.05, 3.63) is 87.9 Å². The van der Waals surface area contributed by atoms with Crippen LogP contribution in [-0.4, -0.2) is 18.2 Å². The predicted molar refractivity (Wildman–Crippen MR) is 121 cm³/mol. The minimum Gasteiger partial charge on any atom is -0.232 e. The molecule has 0 aliphatic rings. The molecule has 9 heteroatoms. The van der Waals surface area contributed by atoms with Crippen LogP contribution >= 0.6 is 34.8 Å². The molecule has 0 atom stereocenters. The quantitative estimate of drug-likeness (QED) is 0.402. The van der Waals surface area contributed by atoms with E-state index in [-0.39, 0.29) is 4.90 Å². The maximum Gasteiger partial charge on any atom is 0.238 e. The number of sulfonamides is 1. The molecule has 3 aromatic carbocycles. The van der Waals surface area contributed by atoms with Crippen molar-refractivity contribution in [3.8, 4) is 28.2 Å². The molecule has 0 aliphatic heterocycles. The van der Waals surface area contributed by atoms with Gasteiger partial charge in [0.2, 0.25) is 10.0 Å². The molecule has 2 N–H and O–H groups in total. The highest BCUT2D eigenvalue weighted by molar-refractivity contribution is 7.89. The van der Waals surface area contributed by atoms with Gasteiger partial charge in [0.15, 0.2) is 0 Å². The molecule has 0 saturated heterocycles. The lowest BCUT2D eigenvalue weighted by Crippen LogP contribution is -2.12. The molecule has 4 rings (SSSR count). The van der Waals surface area contributed by atoms with E-state index in [1.807, 2.05) is 18.2 Å². The summed E-state index contributed by atoms with van der Waals surface area (Å²) in [6.07, 6.45) is 0. The van der Waals surface area contributed by atoms with Gasteiger partial charge in [0, 0.05) is 21.2 Å². The van der Waals surface area contributed by atoms with Gasteiger partial charge in [0.25, 0.3) is 0 Å². The molecule has 1 aromatic heterocycles. The van der Waals surface area contributed by atoms with Gasteiger partial charge in [0.05, 0.1) is 27.0 Å². The topological polar surface area (TPSA) is 78.0 Å². The summed E-state index contributed by atoms with van der Waals surface area (Å²) in [6, 6.07) is 20.4. The molecule has 0 spiro atoms. The summed E-state index contributed by atoms with van der Waals surface area (Å²) in [5, 5.41) is 11.6. The number of nitrogens with two attached hydrogens (primary N) is 1. The Balaban J connectivity index is 1.91. The normalized spacial score (nSPS) is 11.6. The van der Waals surface area contributed by atoms with Gasteiger partial charge in [-0.1, -0.05) is 46.9 Å². The van der Waals surface area contributed by atoms with Crippen LogP contribution in [0.2, 0.25) is 15.1 Å². The van der Waals surface area contributed by atoms with Gasteiger partial charge < -0.3 is 0 Å². The van der Waals surface area contributed by atoms with Crippen molar-refractivity contribution in [2.75, 3.05) is 0 Å². The molecule has 0 aliphatic carbocycles. The first-order chi connectivity index (χ1) is 14.2.